The van der Waals surface area contributed by atoms with Crippen LogP contribution in [0.2, 0.25) is 0 Å². The lowest BCUT2D eigenvalue weighted by Crippen LogP contribution is -1.93. The van der Waals surface area contributed by atoms with Crippen molar-refractivity contribution in [2.75, 3.05) is 11.5 Å². The molecule has 0 amide bonds. The Morgan fingerprint density at radius 3 is 2.08 bits per heavy atom. The molecule has 0 unspecified atom stereocenters. The topological polar surface area (TPSA) is 134 Å². The van der Waals surface area contributed by atoms with Gasteiger partial charge in [0.2, 0.25) is 0 Å². The molecule has 0 aliphatic heterocycles. The zero-order chi connectivity index (χ0) is 17.6. The van der Waals surface area contributed by atoms with E-state index in [4.69, 9.17) is 11.5 Å². The molecule has 0 saturated heterocycles. The van der Waals surface area contributed by atoms with Crippen LogP contribution in [0.3, 0.4) is 0 Å². The number of nitrogen functional groups attached to an aromatic ring is 2. The summed E-state index contributed by atoms with van der Waals surface area (Å²) in [6.45, 7) is 0. The lowest BCUT2D eigenvalue weighted by atomic mass is 9.91. The van der Waals surface area contributed by atoms with Crippen molar-refractivity contribution in [2.24, 2.45) is 0 Å². The highest BCUT2D eigenvalue weighted by atomic mass is 16.3. The smallest absolute Gasteiger partial charge is 0.123 e. The Hall–Kier alpha value is -3.74. The van der Waals surface area contributed by atoms with Crippen LogP contribution in [-0.4, -0.2) is 25.6 Å². The third kappa shape index (κ3) is 2.38. The van der Waals surface area contributed by atoms with Crippen LogP contribution in [-0.2, 0) is 0 Å². The number of aromatic amines is 1. The molecule has 0 bridgehead atoms. The normalized spacial score (nSPS) is 11.0. The Kier molecular flexibility index (Phi) is 3.21. The Balaban J connectivity index is 2.13. The molecule has 4 aromatic rings. The Morgan fingerprint density at radius 1 is 0.720 bits per heavy atom. The number of anilines is 2. The predicted molar refractivity (Wildman–Crippen MR) is 96.9 cm³/mol. The number of phenolic OH excluding ortho intramolecular Hbond substituents is 2. The Morgan fingerprint density at radius 2 is 1.36 bits per heavy atom. The molecule has 0 aliphatic carbocycles. The average molecular weight is 333 g/mol. The maximum Gasteiger partial charge on any atom is 0.123 e. The average Bonchev–Trinajstić information content (AvgIpc) is 3.07. The molecule has 0 fully saturated rings. The minimum atomic E-state index is 0.0503. The highest BCUT2D eigenvalue weighted by Crippen LogP contribution is 2.44. The minimum Gasteiger partial charge on any atom is -0.507 e. The third-order valence-corrected chi connectivity index (χ3v) is 4.09. The molecule has 0 radical (unpaired) electrons. The number of rotatable bonds is 2. The number of phenols is 2. The molecule has 3 aromatic carbocycles. The lowest BCUT2D eigenvalue weighted by molar-refractivity contribution is 0.476. The Bertz CT molecular complexity index is 1100. The first-order valence-electron chi connectivity index (χ1n) is 7.56. The fraction of sp³-hybridized carbons (Fsp3) is 0. The largest absolute Gasteiger partial charge is 0.507 e. The molecule has 4 rings (SSSR count). The number of aromatic nitrogens is 3. The first-order valence-corrected chi connectivity index (χ1v) is 7.56. The van der Waals surface area contributed by atoms with Crippen LogP contribution in [0, 0.1) is 0 Å². The van der Waals surface area contributed by atoms with Crippen LogP contribution in [0.25, 0.3) is 33.3 Å². The van der Waals surface area contributed by atoms with Crippen molar-refractivity contribution in [3.8, 4) is 33.8 Å². The predicted octanol–water partition coefficient (Wildman–Crippen LogP) is 2.87. The summed E-state index contributed by atoms with van der Waals surface area (Å²) >= 11 is 0. The second-order valence-corrected chi connectivity index (χ2v) is 5.73. The van der Waals surface area contributed by atoms with Gasteiger partial charge in [-0.2, -0.15) is 15.4 Å². The van der Waals surface area contributed by atoms with Gasteiger partial charge in [0.25, 0.3) is 0 Å². The highest BCUT2D eigenvalue weighted by Gasteiger charge is 2.19. The number of H-pyrrole nitrogens is 1. The van der Waals surface area contributed by atoms with Gasteiger partial charge in [-0.1, -0.05) is 6.07 Å². The summed E-state index contributed by atoms with van der Waals surface area (Å²) in [6, 6.07) is 13.2. The van der Waals surface area contributed by atoms with Gasteiger partial charge in [-0.25, -0.2) is 0 Å². The van der Waals surface area contributed by atoms with Crippen LogP contribution < -0.4 is 11.5 Å². The summed E-state index contributed by atoms with van der Waals surface area (Å²) < 4.78 is 0. The number of hydrogen-bond acceptors (Lipinski definition) is 6. The van der Waals surface area contributed by atoms with Gasteiger partial charge in [0.05, 0.1) is 0 Å². The molecule has 1 heterocycles. The maximum absolute atomic E-state index is 10.4. The second kappa shape index (κ2) is 5.41. The summed E-state index contributed by atoms with van der Waals surface area (Å²) in [5.41, 5.74) is 16.3. The molecular formula is C18H15N5O2. The van der Waals surface area contributed by atoms with Crippen molar-refractivity contribution in [2.45, 2.75) is 0 Å². The second-order valence-electron chi connectivity index (χ2n) is 5.73. The highest BCUT2D eigenvalue weighted by molar-refractivity contribution is 6.03. The standard InChI is InChI=1S/C18H15N5O2/c19-9-1-5-15(24)12(7-9)11-3-4-14-18(22-23-21-14)17(11)13-8-10(20)2-6-16(13)25/h1-8,24-25H,19-20H2,(H,21,22,23). The van der Waals surface area contributed by atoms with Crippen molar-refractivity contribution in [3.63, 3.8) is 0 Å². The summed E-state index contributed by atoms with van der Waals surface area (Å²) in [7, 11) is 0. The molecular weight excluding hydrogens is 318 g/mol. The zero-order valence-electron chi connectivity index (χ0n) is 13.1. The number of benzene rings is 3. The van der Waals surface area contributed by atoms with Crippen molar-refractivity contribution < 1.29 is 10.2 Å². The van der Waals surface area contributed by atoms with E-state index in [-0.39, 0.29) is 11.5 Å². The molecule has 7 N–H and O–H groups in total. The number of nitrogens with two attached hydrogens (primary N) is 2. The molecule has 0 spiro atoms. The summed E-state index contributed by atoms with van der Waals surface area (Å²) in [4.78, 5) is 0. The van der Waals surface area contributed by atoms with E-state index in [1.54, 1.807) is 36.4 Å². The van der Waals surface area contributed by atoms with E-state index < -0.39 is 0 Å². The number of hydrogen-bond donors (Lipinski definition) is 5. The first kappa shape index (κ1) is 14.8. The molecule has 7 heteroatoms. The number of nitrogens with one attached hydrogen (secondary N) is 1. The third-order valence-electron chi connectivity index (χ3n) is 4.09. The van der Waals surface area contributed by atoms with Crippen molar-refractivity contribution in [1.29, 1.82) is 0 Å². The van der Waals surface area contributed by atoms with Gasteiger partial charge in [0.15, 0.2) is 0 Å². The molecule has 7 nitrogen and oxygen atoms in total. The SMILES string of the molecule is Nc1ccc(O)c(-c2ccc3n[nH]nc3c2-c2cc(N)ccc2O)c1. The number of fused-ring (bicyclic) bond motifs is 1. The van der Waals surface area contributed by atoms with E-state index >= 15 is 0 Å². The first-order chi connectivity index (χ1) is 12.0. The summed E-state index contributed by atoms with van der Waals surface area (Å²) in [5, 5.41) is 31.6. The molecule has 0 aliphatic rings. The quantitative estimate of drug-likeness (QED) is 0.283. The van der Waals surface area contributed by atoms with Gasteiger partial charge in [-0.3, -0.25) is 0 Å². The fourth-order valence-electron chi connectivity index (χ4n) is 2.93. The van der Waals surface area contributed by atoms with Gasteiger partial charge in [0, 0.05) is 28.1 Å². The van der Waals surface area contributed by atoms with Crippen LogP contribution in [0.15, 0.2) is 48.5 Å². The fourth-order valence-corrected chi connectivity index (χ4v) is 2.93. The summed E-state index contributed by atoms with van der Waals surface area (Å²) in [6.07, 6.45) is 0. The molecule has 0 atom stereocenters. The van der Waals surface area contributed by atoms with Crippen molar-refractivity contribution in [3.05, 3.63) is 48.5 Å². The molecule has 1 aromatic heterocycles. The van der Waals surface area contributed by atoms with E-state index in [2.05, 4.69) is 15.4 Å². The van der Waals surface area contributed by atoms with Crippen LogP contribution >= 0.6 is 0 Å². The zero-order valence-corrected chi connectivity index (χ0v) is 13.1. The molecule has 0 saturated carbocycles. The van der Waals surface area contributed by atoms with Gasteiger partial charge in [0.1, 0.15) is 22.5 Å². The number of aromatic hydroxyl groups is 2. The van der Waals surface area contributed by atoms with Crippen LogP contribution in [0.1, 0.15) is 0 Å². The van der Waals surface area contributed by atoms with E-state index in [0.717, 1.165) is 0 Å². The maximum atomic E-state index is 10.4. The number of nitrogens with zero attached hydrogens (tertiary/aromatic N) is 2. The van der Waals surface area contributed by atoms with Crippen LogP contribution in [0.5, 0.6) is 11.5 Å². The van der Waals surface area contributed by atoms with E-state index in [9.17, 15) is 10.2 Å². The van der Waals surface area contributed by atoms with Crippen LogP contribution in [0.4, 0.5) is 11.4 Å². The van der Waals surface area contributed by atoms with Crippen molar-refractivity contribution >= 4 is 22.4 Å². The Labute approximate surface area is 142 Å². The minimum absolute atomic E-state index is 0.0503. The van der Waals surface area contributed by atoms with E-state index in [1.807, 2.05) is 0 Å². The van der Waals surface area contributed by atoms with E-state index in [0.29, 0.717) is 44.7 Å². The summed E-state index contributed by atoms with van der Waals surface area (Å²) in [5.74, 6) is 0.121. The van der Waals surface area contributed by atoms with Gasteiger partial charge in [-0.15, -0.1) is 0 Å². The van der Waals surface area contributed by atoms with Gasteiger partial charge < -0.3 is 21.7 Å². The van der Waals surface area contributed by atoms with Crippen molar-refractivity contribution in [1.82, 2.24) is 15.4 Å². The monoisotopic (exact) mass is 333 g/mol. The lowest BCUT2D eigenvalue weighted by Gasteiger charge is -2.14. The molecule has 25 heavy (non-hydrogen) atoms. The van der Waals surface area contributed by atoms with E-state index in [1.165, 1.54) is 12.1 Å². The van der Waals surface area contributed by atoms with Gasteiger partial charge >= 0.3 is 0 Å². The molecule has 124 valence electrons. The van der Waals surface area contributed by atoms with Gasteiger partial charge in [-0.05, 0) is 48.0 Å².